The molecule has 0 spiro atoms. The molecule has 10 heteroatoms. The van der Waals surface area contributed by atoms with E-state index in [0.717, 1.165) is 36.7 Å². The molecular formula is C33H53O9P. The van der Waals surface area contributed by atoms with Crippen LogP contribution in [-0.4, -0.2) is 61.9 Å². The third-order valence-corrected chi connectivity index (χ3v) is 14.3. The molecule has 12 atom stereocenters. The van der Waals surface area contributed by atoms with E-state index in [1.807, 2.05) is 0 Å². The zero-order chi connectivity index (χ0) is 31.5. The highest BCUT2D eigenvalue weighted by atomic mass is 31.2. The second-order valence-corrected chi connectivity index (χ2v) is 17.3. The van der Waals surface area contributed by atoms with Crippen LogP contribution in [0.25, 0.3) is 0 Å². The van der Waals surface area contributed by atoms with Gasteiger partial charge in [0.15, 0.2) is 11.9 Å². The first-order valence-corrected chi connectivity index (χ1v) is 18.1. The predicted molar refractivity (Wildman–Crippen MR) is 162 cm³/mol. The van der Waals surface area contributed by atoms with Gasteiger partial charge in [0, 0.05) is 0 Å². The summed E-state index contributed by atoms with van der Waals surface area (Å²) in [5, 5.41) is 40.8. The molecule has 43 heavy (non-hydrogen) atoms. The SMILES string of the molecule is CC(C)CCC[C@@H](C)[C@H]1CCC2C3CC=C4CC(O)C(P(=O)(O)OC5=C(O)C(=O)O[C@@H]5[C@@H](O)CO)C[C@]4(C)C3CC[C@@]21C. The number of aliphatic hydroxyl groups excluding tert-OH is 4. The first-order valence-electron chi connectivity index (χ1n) is 16.5. The number of hydrogen-bond acceptors (Lipinski definition) is 8. The van der Waals surface area contributed by atoms with Gasteiger partial charge in [0.1, 0.15) is 6.10 Å². The fourth-order valence-corrected chi connectivity index (χ4v) is 11.9. The van der Waals surface area contributed by atoms with Crippen LogP contribution in [-0.2, 0) is 18.6 Å². The van der Waals surface area contributed by atoms with Gasteiger partial charge in [-0.05, 0) is 91.3 Å². The molecule has 1 heterocycles. The van der Waals surface area contributed by atoms with Crippen LogP contribution < -0.4 is 0 Å². The lowest BCUT2D eigenvalue weighted by molar-refractivity contribution is -0.147. The van der Waals surface area contributed by atoms with Crippen LogP contribution in [0, 0.1) is 46.3 Å². The number of allylic oxidation sites excluding steroid dienone is 1. The maximum atomic E-state index is 13.8. The summed E-state index contributed by atoms with van der Waals surface area (Å²) in [6.07, 6.45) is 7.90. The fourth-order valence-electron chi connectivity index (χ4n) is 10.2. The molecule has 244 valence electrons. The van der Waals surface area contributed by atoms with Gasteiger partial charge in [-0.25, -0.2) is 9.36 Å². The molecule has 5 rings (SSSR count). The van der Waals surface area contributed by atoms with E-state index < -0.39 is 55.7 Å². The van der Waals surface area contributed by atoms with Gasteiger partial charge >= 0.3 is 13.6 Å². The van der Waals surface area contributed by atoms with Crippen molar-refractivity contribution in [1.29, 1.82) is 0 Å². The van der Waals surface area contributed by atoms with Gasteiger partial charge in [0.05, 0.1) is 18.4 Å². The van der Waals surface area contributed by atoms with Gasteiger partial charge in [0.2, 0.25) is 5.76 Å². The quantitative estimate of drug-likeness (QED) is 0.118. The summed E-state index contributed by atoms with van der Waals surface area (Å²) in [5.41, 5.74) is -0.0983. The number of hydrogen-bond donors (Lipinski definition) is 5. The van der Waals surface area contributed by atoms with Crippen LogP contribution in [0.2, 0.25) is 0 Å². The van der Waals surface area contributed by atoms with Crippen molar-refractivity contribution < 1.29 is 43.9 Å². The zero-order valence-corrected chi connectivity index (χ0v) is 27.3. The van der Waals surface area contributed by atoms with E-state index in [1.165, 1.54) is 32.1 Å². The molecule has 0 amide bonds. The topological polar surface area (TPSA) is 154 Å². The standard InChI is InChI=1S/C33H53O9P/c1-18(2)7-6-8-19(3)22-11-12-23-21-10-9-20-15-25(35)27(16-33(20,5)24(21)13-14-32(22,23)4)43(39,40)42-30-28(37)31(38)41-29(30)26(36)17-34/h9,18-19,21-27,29,34-37H,6-8,10-17H2,1-5H3,(H,39,40)/t19-,21?,22-,23?,24?,25?,26+,27?,29-,32-,33+/m1/s1. The lowest BCUT2D eigenvalue weighted by Gasteiger charge is -2.59. The van der Waals surface area contributed by atoms with E-state index >= 15 is 0 Å². The minimum atomic E-state index is -4.67. The monoisotopic (exact) mass is 624 g/mol. The Morgan fingerprint density at radius 3 is 2.53 bits per heavy atom. The van der Waals surface area contributed by atoms with E-state index in [2.05, 4.69) is 40.7 Å². The summed E-state index contributed by atoms with van der Waals surface area (Å²) in [6.45, 7) is 10.9. The first kappa shape index (κ1) is 33.0. The van der Waals surface area contributed by atoms with Gasteiger partial charge < -0.3 is 34.6 Å². The summed E-state index contributed by atoms with van der Waals surface area (Å²) in [6, 6.07) is 0. The van der Waals surface area contributed by atoms with Crippen LogP contribution in [0.1, 0.15) is 98.8 Å². The molecule has 1 aliphatic heterocycles. The first-order chi connectivity index (χ1) is 20.1. The van der Waals surface area contributed by atoms with Crippen LogP contribution in [0.3, 0.4) is 0 Å². The van der Waals surface area contributed by atoms with Crippen molar-refractivity contribution in [2.75, 3.05) is 6.61 Å². The number of esters is 1. The normalized spacial score (nSPS) is 42.0. The van der Waals surface area contributed by atoms with Crippen LogP contribution in [0.4, 0.5) is 0 Å². The molecule has 0 bridgehead atoms. The molecule has 4 aliphatic carbocycles. The lowest BCUT2D eigenvalue weighted by atomic mass is 9.47. The lowest BCUT2D eigenvalue weighted by Crippen LogP contribution is -2.53. The summed E-state index contributed by atoms with van der Waals surface area (Å²) < 4.78 is 24.1. The van der Waals surface area contributed by atoms with Gasteiger partial charge in [0.25, 0.3) is 0 Å². The van der Waals surface area contributed by atoms with Crippen molar-refractivity contribution in [1.82, 2.24) is 0 Å². The predicted octanol–water partition coefficient (Wildman–Crippen LogP) is 5.62. The fraction of sp³-hybridized carbons (Fsp3) is 0.848. The highest BCUT2D eigenvalue weighted by Crippen LogP contribution is 2.69. The molecule has 9 nitrogen and oxygen atoms in total. The molecule has 0 aromatic carbocycles. The minimum Gasteiger partial charge on any atom is -0.499 e. The van der Waals surface area contributed by atoms with Crippen molar-refractivity contribution in [2.45, 2.75) is 123 Å². The molecule has 0 saturated heterocycles. The number of ether oxygens (including phenoxy) is 1. The minimum absolute atomic E-state index is 0.240. The Balaban J connectivity index is 1.35. The maximum absolute atomic E-state index is 13.8. The summed E-state index contributed by atoms with van der Waals surface area (Å²) in [7, 11) is -4.67. The molecule has 0 aromatic heterocycles. The Bertz CT molecular complexity index is 1180. The number of rotatable bonds is 10. The van der Waals surface area contributed by atoms with Crippen molar-refractivity contribution in [2.24, 2.45) is 46.3 Å². The number of fused-ring (bicyclic) bond motifs is 5. The zero-order valence-electron chi connectivity index (χ0n) is 26.4. The van der Waals surface area contributed by atoms with Gasteiger partial charge in [-0.2, -0.15) is 0 Å². The summed E-state index contributed by atoms with van der Waals surface area (Å²) in [4.78, 5) is 23.2. The molecule has 0 aromatic rings. The average Bonchev–Trinajstić information content (AvgIpc) is 3.43. The van der Waals surface area contributed by atoms with Crippen molar-refractivity contribution >= 4 is 13.6 Å². The molecule has 5 N–H and O–H groups in total. The molecule has 0 radical (unpaired) electrons. The summed E-state index contributed by atoms with van der Waals surface area (Å²) >= 11 is 0. The van der Waals surface area contributed by atoms with E-state index in [-0.39, 0.29) is 18.3 Å². The maximum Gasteiger partial charge on any atom is 0.382 e. The summed E-state index contributed by atoms with van der Waals surface area (Å²) in [5.74, 6) is 0.663. The van der Waals surface area contributed by atoms with Crippen LogP contribution in [0.15, 0.2) is 23.2 Å². The van der Waals surface area contributed by atoms with E-state index in [4.69, 9.17) is 9.26 Å². The molecule has 5 aliphatic rings. The Hall–Kier alpha value is -1.38. The van der Waals surface area contributed by atoms with E-state index in [1.54, 1.807) is 0 Å². The Morgan fingerprint density at radius 2 is 1.86 bits per heavy atom. The van der Waals surface area contributed by atoms with Crippen molar-refractivity contribution in [3.8, 4) is 0 Å². The van der Waals surface area contributed by atoms with Crippen molar-refractivity contribution in [3.05, 3.63) is 23.2 Å². The molecular weight excluding hydrogens is 571 g/mol. The number of aliphatic hydroxyl groups is 4. The van der Waals surface area contributed by atoms with Gasteiger partial charge in [-0.15, -0.1) is 0 Å². The second-order valence-electron chi connectivity index (χ2n) is 15.3. The molecule has 6 unspecified atom stereocenters. The van der Waals surface area contributed by atoms with Gasteiger partial charge in [-0.3, -0.25) is 0 Å². The van der Waals surface area contributed by atoms with Crippen LogP contribution >= 0.6 is 7.60 Å². The average molecular weight is 625 g/mol. The number of carbonyl (C=O) groups excluding carboxylic acids is 1. The Kier molecular flexibility index (Phi) is 9.28. The van der Waals surface area contributed by atoms with E-state index in [9.17, 15) is 34.7 Å². The second kappa shape index (κ2) is 12.1. The highest BCUT2D eigenvalue weighted by Gasteiger charge is 2.61. The third-order valence-electron chi connectivity index (χ3n) is 12.4. The smallest absolute Gasteiger partial charge is 0.382 e. The molecule has 3 saturated carbocycles. The number of cyclic esters (lactones) is 1. The third kappa shape index (κ3) is 5.75. The Morgan fingerprint density at radius 1 is 1.14 bits per heavy atom. The van der Waals surface area contributed by atoms with Crippen molar-refractivity contribution in [3.63, 3.8) is 0 Å². The highest BCUT2D eigenvalue weighted by molar-refractivity contribution is 7.53. The van der Waals surface area contributed by atoms with Crippen LogP contribution in [0.5, 0.6) is 0 Å². The van der Waals surface area contributed by atoms with Gasteiger partial charge in [-0.1, -0.05) is 65.5 Å². The molecule has 3 fully saturated rings. The Labute approximate surface area is 256 Å². The largest absolute Gasteiger partial charge is 0.499 e. The van der Waals surface area contributed by atoms with E-state index in [0.29, 0.717) is 29.1 Å². The number of carbonyl (C=O) groups is 1.